The maximum absolute atomic E-state index is 11.8. The van der Waals surface area contributed by atoms with Crippen LogP contribution < -0.4 is 4.90 Å². The lowest BCUT2D eigenvalue weighted by Gasteiger charge is -2.23. The van der Waals surface area contributed by atoms with Crippen LogP contribution in [0.1, 0.15) is 44.1 Å². The Morgan fingerprint density at radius 3 is 2.72 bits per heavy atom. The number of ketones is 1. The number of para-hydroxylation sites is 1. The molecule has 0 aromatic heterocycles. The first kappa shape index (κ1) is 11.8. The molecule has 2 nitrogen and oxygen atoms in total. The zero-order valence-electron chi connectivity index (χ0n) is 11.1. The molecule has 0 N–H and O–H groups in total. The predicted octanol–water partition coefficient (Wildman–Crippen LogP) is 3.37. The van der Waals surface area contributed by atoms with Crippen molar-refractivity contribution in [3.8, 4) is 0 Å². The van der Waals surface area contributed by atoms with Crippen molar-refractivity contribution in [2.45, 2.75) is 38.5 Å². The predicted molar refractivity (Wildman–Crippen MR) is 74.0 cm³/mol. The van der Waals surface area contributed by atoms with Gasteiger partial charge in [-0.15, -0.1) is 0 Å². The number of benzene rings is 1. The van der Waals surface area contributed by atoms with Crippen LogP contribution in [0.4, 0.5) is 5.69 Å². The molecule has 1 unspecified atom stereocenters. The molecule has 3 rings (SSSR count). The van der Waals surface area contributed by atoms with Crippen LogP contribution in [-0.4, -0.2) is 18.9 Å². The summed E-state index contributed by atoms with van der Waals surface area (Å²) in [4.78, 5) is 14.2. The summed E-state index contributed by atoms with van der Waals surface area (Å²) in [5.74, 6) is 1.24. The highest BCUT2D eigenvalue weighted by Crippen LogP contribution is 2.38. The molecule has 0 radical (unpaired) electrons. The average Bonchev–Trinajstić information content (AvgIpc) is 2.98. The normalized spacial score (nSPS) is 23.4. The van der Waals surface area contributed by atoms with Gasteiger partial charge < -0.3 is 4.90 Å². The molecule has 96 valence electrons. The molecule has 1 aliphatic carbocycles. The van der Waals surface area contributed by atoms with Crippen LogP contribution >= 0.6 is 0 Å². The largest absolute Gasteiger partial charge is 0.370 e. The standard InChI is InChI=1S/C16H21NO/c1-12(18)15-11-17(10-13-6-2-3-7-13)16-9-5-4-8-14(15)16/h4-5,8-9,13,15H,2-3,6-7,10-11H2,1H3. The van der Waals surface area contributed by atoms with Gasteiger partial charge in [0.2, 0.25) is 0 Å². The first-order chi connectivity index (χ1) is 8.75. The summed E-state index contributed by atoms with van der Waals surface area (Å²) in [6.07, 6.45) is 5.50. The molecule has 1 aliphatic heterocycles. The number of Topliss-reactive ketones (excluding diaryl/α,β-unsaturated/α-hetero) is 1. The van der Waals surface area contributed by atoms with Crippen LogP contribution in [0.25, 0.3) is 0 Å². The third-order valence-electron chi connectivity index (χ3n) is 4.50. The van der Waals surface area contributed by atoms with Crippen molar-refractivity contribution in [1.82, 2.24) is 0 Å². The van der Waals surface area contributed by atoms with Gasteiger partial charge in [-0.05, 0) is 37.3 Å². The van der Waals surface area contributed by atoms with Crippen LogP contribution in [0.2, 0.25) is 0 Å². The van der Waals surface area contributed by atoms with Crippen molar-refractivity contribution in [3.63, 3.8) is 0 Å². The molecule has 1 aromatic carbocycles. The van der Waals surface area contributed by atoms with Gasteiger partial charge in [-0.1, -0.05) is 31.0 Å². The number of hydrogen-bond donors (Lipinski definition) is 0. The summed E-state index contributed by atoms with van der Waals surface area (Å²) >= 11 is 0. The molecule has 1 heterocycles. The number of carbonyl (C=O) groups is 1. The monoisotopic (exact) mass is 243 g/mol. The van der Waals surface area contributed by atoms with Crippen molar-refractivity contribution in [1.29, 1.82) is 0 Å². The van der Waals surface area contributed by atoms with Crippen molar-refractivity contribution >= 4 is 11.5 Å². The molecule has 0 spiro atoms. The Morgan fingerprint density at radius 1 is 1.28 bits per heavy atom. The van der Waals surface area contributed by atoms with E-state index < -0.39 is 0 Å². The van der Waals surface area contributed by atoms with Crippen LogP contribution in [-0.2, 0) is 4.79 Å². The first-order valence-electron chi connectivity index (χ1n) is 7.10. The highest BCUT2D eigenvalue weighted by atomic mass is 16.1. The van der Waals surface area contributed by atoms with Gasteiger partial charge >= 0.3 is 0 Å². The maximum atomic E-state index is 11.8. The average molecular weight is 243 g/mol. The molecule has 1 atom stereocenters. The van der Waals surface area contributed by atoms with E-state index >= 15 is 0 Å². The number of anilines is 1. The fourth-order valence-electron chi connectivity index (χ4n) is 3.51. The Labute approximate surface area is 109 Å². The first-order valence-corrected chi connectivity index (χ1v) is 7.10. The van der Waals surface area contributed by atoms with Crippen molar-refractivity contribution in [2.75, 3.05) is 18.0 Å². The van der Waals surface area contributed by atoms with Gasteiger partial charge in [0.05, 0.1) is 5.92 Å². The summed E-state index contributed by atoms with van der Waals surface area (Å²) in [6, 6.07) is 8.43. The molecule has 2 heteroatoms. The molecule has 18 heavy (non-hydrogen) atoms. The Bertz CT molecular complexity index is 448. The summed E-state index contributed by atoms with van der Waals surface area (Å²) in [5, 5.41) is 0. The van der Waals surface area contributed by atoms with E-state index in [1.54, 1.807) is 6.92 Å². The molecular weight excluding hydrogens is 222 g/mol. The van der Waals surface area contributed by atoms with Gasteiger partial charge in [-0.2, -0.15) is 0 Å². The molecule has 0 saturated heterocycles. The minimum atomic E-state index is 0.0996. The lowest BCUT2D eigenvalue weighted by atomic mass is 9.98. The van der Waals surface area contributed by atoms with Crippen molar-refractivity contribution in [2.24, 2.45) is 5.92 Å². The summed E-state index contributed by atoms with van der Waals surface area (Å²) in [7, 11) is 0. The second-order valence-electron chi connectivity index (χ2n) is 5.78. The maximum Gasteiger partial charge on any atom is 0.139 e. The fraction of sp³-hybridized carbons (Fsp3) is 0.562. The van der Waals surface area contributed by atoms with E-state index in [0.29, 0.717) is 5.78 Å². The van der Waals surface area contributed by atoms with Gasteiger partial charge in [0.1, 0.15) is 5.78 Å². The summed E-state index contributed by atoms with van der Waals surface area (Å²) in [6.45, 7) is 3.76. The Morgan fingerprint density at radius 2 is 2.00 bits per heavy atom. The van der Waals surface area contributed by atoms with E-state index in [2.05, 4.69) is 23.1 Å². The van der Waals surface area contributed by atoms with Gasteiger partial charge in [0.15, 0.2) is 0 Å². The zero-order chi connectivity index (χ0) is 12.5. The zero-order valence-corrected chi connectivity index (χ0v) is 11.1. The second kappa shape index (κ2) is 4.75. The Hall–Kier alpha value is -1.31. The molecule has 1 fully saturated rings. The smallest absolute Gasteiger partial charge is 0.139 e. The van der Waals surface area contributed by atoms with E-state index in [0.717, 1.165) is 19.0 Å². The van der Waals surface area contributed by atoms with Gasteiger partial charge in [-0.25, -0.2) is 0 Å². The summed E-state index contributed by atoms with van der Waals surface area (Å²) < 4.78 is 0. The van der Waals surface area contributed by atoms with E-state index in [4.69, 9.17) is 0 Å². The number of carbonyl (C=O) groups excluding carboxylic acids is 1. The molecular formula is C16H21NO. The van der Waals surface area contributed by atoms with Gasteiger partial charge in [-0.3, -0.25) is 4.79 Å². The third-order valence-corrected chi connectivity index (χ3v) is 4.50. The fourth-order valence-corrected chi connectivity index (χ4v) is 3.51. The molecule has 1 saturated carbocycles. The molecule has 0 amide bonds. The minimum absolute atomic E-state index is 0.0996. The number of nitrogens with zero attached hydrogens (tertiary/aromatic N) is 1. The highest BCUT2D eigenvalue weighted by molar-refractivity contribution is 5.88. The molecule has 0 bridgehead atoms. The van der Waals surface area contributed by atoms with E-state index in [1.165, 1.54) is 36.9 Å². The minimum Gasteiger partial charge on any atom is -0.370 e. The third kappa shape index (κ3) is 2.05. The van der Waals surface area contributed by atoms with E-state index in [1.807, 2.05) is 6.07 Å². The quantitative estimate of drug-likeness (QED) is 0.811. The van der Waals surface area contributed by atoms with Crippen LogP contribution in [0.15, 0.2) is 24.3 Å². The lowest BCUT2D eigenvalue weighted by molar-refractivity contribution is -0.118. The van der Waals surface area contributed by atoms with Crippen molar-refractivity contribution < 1.29 is 4.79 Å². The van der Waals surface area contributed by atoms with E-state index in [9.17, 15) is 4.79 Å². The Kier molecular flexibility index (Phi) is 3.11. The molecule has 1 aromatic rings. The summed E-state index contributed by atoms with van der Waals surface area (Å²) in [5.41, 5.74) is 2.53. The van der Waals surface area contributed by atoms with Crippen LogP contribution in [0.5, 0.6) is 0 Å². The van der Waals surface area contributed by atoms with Crippen LogP contribution in [0, 0.1) is 5.92 Å². The highest BCUT2D eigenvalue weighted by Gasteiger charge is 2.32. The van der Waals surface area contributed by atoms with E-state index in [-0.39, 0.29) is 5.92 Å². The Balaban J connectivity index is 1.82. The topological polar surface area (TPSA) is 20.3 Å². The second-order valence-corrected chi connectivity index (χ2v) is 5.78. The number of hydrogen-bond acceptors (Lipinski definition) is 2. The van der Waals surface area contributed by atoms with Crippen LogP contribution in [0.3, 0.4) is 0 Å². The van der Waals surface area contributed by atoms with Gasteiger partial charge in [0, 0.05) is 18.8 Å². The SMILES string of the molecule is CC(=O)C1CN(CC2CCCC2)c2ccccc21. The number of rotatable bonds is 3. The van der Waals surface area contributed by atoms with Gasteiger partial charge in [0.25, 0.3) is 0 Å². The number of fused-ring (bicyclic) bond motifs is 1. The lowest BCUT2D eigenvalue weighted by Crippen LogP contribution is -2.28. The molecule has 2 aliphatic rings. The van der Waals surface area contributed by atoms with Crippen molar-refractivity contribution in [3.05, 3.63) is 29.8 Å².